The van der Waals surface area contributed by atoms with Crippen molar-refractivity contribution in [2.24, 2.45) is 0 Å². The number of allylic oxidation sites excluding steroid dienone is 15. The number of carbonyl (C=O) groups is 2. The minimum atomic E-state index is -1.63. The molecule has 8 atom stereocenters. The fraction of sp³-hybridized carbons (Fsp3) is 0.753. The van der Waals surface area contributed by atoms with Crippen LogP contribution in [0.3, 0.4) is 0 Å². The molecular weight excluding hydrogens is 1050 g/mol. The Morgan fingerprint density at radius 2 is 0.857 bits per heavy atom. The van der Waals surface area contributed by atoms with Crippen LogP contribution in [0.5, 0.6) is 0 Å². The van der Waals surface area contributed by atoms with Crippen LogP contribution in [-0.2, 0) is 23.8 Å². The van der Waals surface area contributed by atoms with E-state index in [1.165, 1.54) is 148 Å². The second kappa shape index (κ2) is 59.9. The van der Waals surface area contributed by atoms with Crippen LogP contribution in [0.25, 0.3) is 0 Å². The third-order valence-corrected chi connectivity index (χ3v) is 15.7. The lowest BCUT2D eigenvalue weighted by Crippen LogP contribution is -2.61. The molecule has 1 rings (SSSR count). The van der Waals surface area contributed by atoms with Crippen molar-refractivity contribution in [2.75, 3.05) is 13.2 Å². The average molecular weight is 1180 g/mol. The van der Waals surface area contributed by atoms with Gasteiger partial charge in [0.1, 0.15) is 24.4 Å². The van der Waals surface area contributed by atoms with Crippen LogP contribution < -0.4 is 5.32 Å². The zero-order valence-electron chi connectivity index (χ0n) is 53.7. The van der Waals surface area contributed by atoms with Gasteiger partial charge in [-0.25, -0.2) is 0 Å². The Hall–Kier alpha value is -3.42. The molecule has 11 nitrogen and oxygen atoms in total. The number of esters is 1. The quantitative estimate of drug-likeness (QED) is 0.0195. The molecule has 8 unspecified atom stereocenters. The van der Waals surface area contributed by atoms with E-state index in [0.717, 1.165) is 96.3 Å². The maximum atomic E-state index is 13.5. The largest absolute Gasteiger partial charge is 0.454 e. The summed E-state index contributed by atoms with van der Waals surface area (Å²) in [5.74, 6) is -1.23. The number of aliphatic hydroxyl groups excluding tert-OH is 5. The van der Waals surface area contributed by atoms with E-state index in [4.69, 9.17) is 14.2 Å². The molecule has 0 aromatic rings. The van der Waals surface area contributed by atoms with Gasteiger partial charge in [-0.1, -0.05) is 279 Å². The first-order chi connectivity index (χ1) is 41.2. The van der Waals surface area contributed by atoms with Crippen molar-refractivity contribution in [3.05, 3.63) is 97.2 Å². The summed E-state index contributed by atoms with van der Waals surface area (Å²) < 4.78 is 17.6. The molecule has 0 saturated carbocycles. The molecule has 1 aliphatic heterocycles. The molecule has 11 heteroatoms. The predicted molar refractivity (Wildman–Crippen MR) is 352 cm³/mol. The number of ether oxygens (including phenoxy) is 3. The maximum Gasteiger partial charge on any atom is 0.306 e. The molecule has 1 fully saturated rings. The third kappa shape index (κ3) is 46.8. The van der Waals surface area contributed by atoms with Gasteiger partial charge < -0.3 is 45.1 Å². The summed E-state index contributed by atoms with van der Waals surface area (Å²) in [6.07, 6.45) is 70.2. The van der Waals surface area contributed by atoms with E-state index in [-0.39, 0.29) is 19.4 Å². The number of nitrogens with one attached hydrogen (secondary N) is 1. The standard InChI is InChI=1S/C73H127NO10/c1-4-7-10-13-16-19-22-25-27-29-31-32-33-34-35-37-38-40-42-45-48-51-54-57-60-66(77)72(81)74-64(65(76)59-56-53-50-47-44-24-21-18-15-12-9-6-3)63-82-73-71(70(80)69(79)67(62-75)83-73)84-68(78)61-58-55-52-49-46-43-41-39-36-30-28-26-23-20-17-14-11-8-5-2/h8,11,16-17,19-20,25-28,36,39,43,46,56,59,64-67,69-71,73,75-77,79-80H,4-7,9-10,12-15,18,21-24,29-35,37-38,40-42,44-45,47-55,57-58,60-63H2,1-3H3,(H,74,81)/b11-8-,19-16-,20-17-,27-25-,28-26-,39-36-,46-43-,59-56+. The second-order valence-corrected chi connectivity index (χ2v) is 23.5. The lowest BCUT2D eigenvalue weighted by atomic mass is 9.99. The number of carbonyl (C=O) groups excluding carboxylic acids is 2. The zero-order valence-corrected chi connectivity index (χ0v) is 53.7. The molecule has 0 aromatic carbocycles. The summed E-state index contributed by atoms with van der Waals surface area (Å²) in [7, 11) is 0. The van der Waals surface area contributed by atoms with Gasteiger partial charge in [-0.3, -0.25) is 9.59 Å². The number of rotatable bonds is 58. The van der Waals surface area contributed by atoms with E-state index in [0.29, 0.717) is 12.8 Å². The lowest BCUT2D eigenvalue weighted by molar-refractivity contribution is -0.305. The molecule has 6 N–H and O–H groups in total. The number of hydrogen-bond acceptors (Lipinski definition) is 10. The first-order valence-corrected chi connectivity index (χ1v) is 34.5. The van der Waals surface area contributed by atoms with Gasteiger partial charge in [0, 0.05) is 6.42 Å². The van der Waals surface area contributed by atoms with Crippen molar-refractivity contribution < 1.29 is 49.3 Å². The van der Waals surface area contributed by atoms with Crippen LogP contribution in [0.4, 0.5) is 0 Å². The molecule has 1 heterocycles. The van der Waals surface area contributed by atoms with E-state index in [1.807, 2.05) is 6.08 Å². The molecule has 84 heavy (non-hydrogen) atoms. The van der Waals surface area contributed by atoms with Crippen LogP contribution in [0.1, 0.15) is 290 Å². The maximum absolute atomic E-state index is 13.5. The third-order valence-electron chi connectivity index (χ3n) is 15.7. The van der Waals surface area contributed by atoms with E-state index in [9.17, 15) is 35.1 Å². The minimum Gasteiger partial charge on any atom is -0.454 e. The van der Waals surface area contributed by atoms with E-state index in [2.05, 4.69) is 111 Å². The summed E-state index contributed by atoms with van der Waals surface area (Å²) >= 11 is 0. The van der Waals surface area contributed by atoms with Crippen molar-refractivity contribution in [1.82, 2.24) is 5.32 Å². The number of aliphatic hydroxyl groups is 5. The van der Waals surface area contributed by atoms with E-state index in [1.54, 1.807) is 6.08 Å². The second-order valence-electron chi connectivity index (χ2n) is 23.5. The fourth-order valence-corrected chi connectivity index (χ4v) is 10.3. The monoisotopic (exact) mass is 1180 g/mol. The fourth-order valence-electron chi connectivity index (χ4n) is 10.3. The van der Waals surface area contributed by atoms with Gasteiger partial charge in [-0.2, -0.15) is 0 Å². The first-order valence-electron chi connectivity index (χ1n) is 34.5. The first kappa shape index (κ1) is 78.6. The normalized spacial score (nSPS) is 19.1. The molecule has 1 aliphatic rings. The predicted octanol–water partition coefficient (Wildman–Crippen LogP) is 17.5. The Balaban J connectivity index is 2.61. The van der Waals surface area contributed by atoms with Crippen molar-refractivity contribution in [3.63, 3.8) is 0 Å². The molecule has 1 saturated heterocycles. The smallest absolute Gasteiger partial charge is 0.306 e. The van der Waals surface area contributed by atoms with E-state index >= 15 is 0 Å². The summed E-state index contributed by atoms with van der Waals surface area (Å²) in [6.45, 7) is 5.65. The van der Waals surface area contributed by atoms with Crippen LogP contribution in [0.15, 0.2) is 97.2 Å². The molecule has 1 amide bonds. The van der Waals surface area contributed by atoms with Crippen LogP contribution in [-0.4, -0.2) is 99.6 Å². The SMILES string of the molecule is CC/C=C\C/C=C\C/C=C\C/C=C\C/C=C\CCCCCC(=O)OC1C(OCC(NC(=O)C(O)CCCCCCCCCCCCCCCC/C=C\C/C=C\CCCCC)C(O)/C=C/CCCCCCCCCCCC)OC(CO)C(O)C1O. The molecular formula is C73H127NO10. The van der Waals surface area contributed by atoms with Crippen molar-refractivity contribution in [1.29, 1.82) is 0 Å². The summed E-state index contributed by atoms with van der Waals surface area (Å²) in [5, 5.41) is 57.2. The van der Waals surface area contributed by atoms with Gasteiger partial charge in [0.2, 0.25) is 5.91 Å². The van der Waals surface area contributed by atoms with Gasteiger partial charge in [0.25, 0.3) is 0 Å². The summed E-state index contributed by atoms with van der Waals surface area (Å²) in [5.41, 5.74) is 0. The van der Waals surface area contributed by atoms with Crippen LogP contribution in [0, 0.1) is 0 Å². The lowest BCUT2D eigenvalue weighted by Gasteiger charge is -2.41. The highest BCUT2D eigenvalue weighted by molar-refractivity contribution is 5.80. The molecule has 0 aliphatic carbocycles. The van der Waals surface area contributed by atoms with Gasteiger partial charge in [0.15, 0.2) is 12.4 Å². The van der Waals surface area contributed by atoms with Gasteiger partial charge in [-0.05, 0) is 103 Å². The highest BCUT2D eigenvalue weighted by atomic mass is 16.7. The van der Waals surface area contributed by atoms with E-state index < -0.39 is 67.4 Å². The zero-order chi connectivity index (χ0) is 61.0. The molecule has 0 aromatic heterocycles. The number of hydrogen-bond donors (Lipinski definition) is 6. The Labute approximate surface area is 514 Å². The minimum absolute atomic E-state index is 0.0810. The molecule has 0 spiro atoms. The van der Waals surface area contributed by atoms with Crippen molar-refractivity contribution in [3.8, 4) is 0 Å². The van der Waals surface area contributed by atoms with Gasteiger partial charge in [0.05, 0.1) is 25.4 Å². The van der Waals surface area contributed by atoms with Crippen LogP contribution in [0.2, 0.25) is 0 Å². The molecule has 0 radical (unpaired) electrons. The van der Waals surface area contributed by atoms with Gasteiger partial charge >= 0.3 is 5.97 Å². The Morgan fingerprint density at radius 3 is 1.31 bits per heavy atom. The van der Waals surface area contributed by atoms with Crippen molar-refractivity contribution >= 4 is 11.9 Å². The molecule has 484 valence electrons. The summed E-state index contributed by atoms with van der Waals surface area (Å²) in [6, 6.07) is -1.04. The number of unbranched alkanes of at least 4 members (excludes halogenated alkanes) is 30. The topological polar surface area (TPSA) is 175 Å². The Bertz CT molecular complexity index is 1740. The van der Waals surface area contributed by atoms with Crippen molar-refractivity contribution in [2.45, 2.75) is 339 Å². The average Bonchev–Trinajstić information content (AvgIpc) is 3.69. The summed E-state index contributed by atoms with van der Waals surface area (Å²) in [4.78, 5) is 26.6. The van der Waals surface area contributed by atoms with Gasteiger partial charge in [-0.15, -0.1) is 0 Å². The Kier molecular flexibility index (Phi) is 56.0. The highest BCUT2D eigenvalue weighted by Gasteiger charge is 2.47. The van der Waals surface area contributed by atoms with Crippen LogP contribution >= 0.6 is 0 Å². The number of amides is 1. The Morgan fingerprint density at radius 1 is 0.476 bits per heavy atom. The molecule has 0 bridgehead atoms. The highest BCUT2D eigenvalue weighted by Crippen LogP contribution is 2.26.